The van der Waals surface area contributed by atoms with E-state index in [0.717, 1.165) is 26.2 Å². The van der Waals surface area contributed by atoms with Crippen LogP contribution in [0.4, 0.5) is 5.69 Å². The van der Waals surface area contributed by atoms with Crippen LogP contribution in [0.5, 0.6) is 0 Å². The molecule has 0 aromatic heterocycles. The van der Waals surface area contributed by atoms with Crippen molar-refractivity contribution in [2.45, 2.75) is 6.23 Å². The van der Waals surface area contributed by atoms with Crippen LogP contribution in [-0.2, 0) is 0 Å². The molecule has 4 heteroatoms. The van der Waals surface area contributed by atoms with Gasteiger partial charge in [-0.05, 0) is 12.1 Å². The highest BCUT2D eigenvalue weighted by molar-refractivity contribution is 5.46. The van der Waals surface area contributed by atoms with Gasteiger partial charge in [-0.15, -0.1) is 0 Å². The lowest BCUT2D eigenvalue weighted by Gasteiger charge is -2.37. The summed E-state index contributed by atoms with van der Waals surface area (Å²) in [5.41, 5.74) is 1.22. The lowest BCUT2D eigenvalue weighted by molar-refractivity contribution is -0.0369. The Labute approximate surface area is 95.7 Å². The Bertz CT molecular complexity index is 310. The lowest BCUT2D eigenvalue weighted by Crippen LogP contribution is -2.51. The van der Waals surface area contributed by atoms with Gasteiger partial charge in [-0.3, -0.25) is 4.90 Å². The van der Waals surface area contributed by atoms with Gasteiger partial charge in [0.1, 0.15) is 6.23 Å². The van der Waals surface area contributed by atoms with Crippen molar-refractivity contribution in [3.8, 4) is 0 Å². The minimum absolute atomic E-state index is 0.189. The zero-order chi connectivity index (χ0) is 11.4. The molecule has 0 aliphatic carbocycles. The molecule has 0 bridgehead atoms. The Morgan fingerprint density at radius 3 is 2.25 bits per heavy atom. The molecule has 1 unspecified atom stereocenters. The summed E-state index contributed by atoms with van der Waals surface area (Å²) in [6, 6.07) is 10.3. The number of aliphatic hydroxyl groups is 2. The molecule has 1 saturated heterocycles. The third kappa shape index (κ3) is 2.52. The normalized spacial score (nSPS) is 19.8. The maximum atomic E-state index is 9.50. The molecule has 1 atom stereocenters. The molecule has 1 aromatic carbocycles. The first-order chi connectivity index (χ1) is 7.81. The highest BCUT2D eigenvalue weighted by Gasteiger charge is 2.21. The van der Waals surface area contributed by atoms with E-state index in [1.54, 1.807) is 0 Å². The molecule has 0 spiro atoms. The van der Waals surface area contributed by atoms with Crippen LogP contribution in [0, 0.1) is 0 Å². The van der Waals surface area contributed by atoms with Gasteiger partial charge in [-0.1, -0.05) is 18.2 Å². The number of hydrogen-bond donors (Lipinski definition) is 2. The first kappa shape index (κ1) is 11.4. The van der Waals surface area contributed by atoms with Crippen LogP contribution < -0.4 is 4.90 Å². The van der Waals surface area contributed by atoms with Gasteiger partial charge in [-0.2, -0.15) is 0 Å². The molecule has 4 nitrogen and oxygen atoms in total. The molecule has 1 heterocycles. The third-order valence-electron chi connectivity index (χ3n) is 3.02. The minimum Gasteiger partial charge on any atom is -0.392 e. The molecule has 88 valence electrons. The SMILES string of the molecule is OCC(O)N1CCN(c2ccccc2)CC1. The predicted octanol–water partition coefficient (Wildman–Crippen LogP) is 0.119. The van der Waals surface area contributed by atoms with Gasteiger partial charge in [0.2, 0.25) is 0 Å². The monoisotopic (exact) mass is 222 g/mol. The summed E-state index contributed by atoms with van der Waals surface area (Å²) < 4.78 is 0. The van der Waals surface area contributed by atoms with Crippen molar-refractivity contribution in [3.05, 3.63) is 30.3 Å². The molecule has 0 radical (unpaired) electrons. The number of piperazine rings is 1. The highest BCUT2D eigenvalue weighted by atomic mass is 16.3. The van der Waals surface area contributed by atoms with E-state index in [4.69, 9.17) is 5.11 Å². The maximum Gasteiger partial charge on any atom is 0.130 e. The van der Waals surface area contributed by atoms with Crippen molar-refractivity contribution in [2.24, 2.45) is 0 Å². The van der Waals surface area contributed by atoms with Crippen molar-refractivity contribution in [2.75, 3.05) is 37.7 Å². The molecular formula is C12H18N2O2. The Kier molecular flexibility index (Phi) is 3.77. The average molecular weight is 222 g/mol. The van der Waals surface area contributed by atoms with E-state index in [2.05, 4.69) is 17.0 Å². The zero-order valence-corrected chi connectivity index (χ0v) is 9.29. The summed E-state index contributed by atoms with van der Waals surface area (Å²) >= 11 is 0. The summed E-state index contributed by atoms with van der Waals surface area (Å²) in [6.07, 6.45) is -0.710. The molecule has 0 saturated carbocycles. The topological polar surface area (TPSA) is 46.9 Å². The van der Waals surface area contributed by atoms with Gasteiger partial charge in [0, 0.05) is 31.9 Å². The number of rotatable bonds is 3. The fourth-order valence-electron chi connectivity index (χ4n) is 2.03. The van der Waals surface area contributed by atoms with Gasteiger partial charge in [0.05, 0.1) is 6.61 Å². The molecule has 1 aliphatic heterocycles. The molecule has 2 rings (SSSR count). The van der Waals surface area contributed by atoms with Crippen molar-refractivity contribution in [1.82, 2.24) is 4.90 Å². The number of aliphatic hydroxyl groups excluding tert-OH is 2. The van der Waals surface area contributed by atoms with E-state index in [1.807, 2.05) is 23.1 Å². The van der Waals surface area contributed by atoms with Gasteiger partial charge in [0.15, 0.2) is 0 Å². The molecule has 1 aliphatic rings. The van der Waals surface area contributed by atoms with Crippen molar-refractivity contribution in [1.29, 1.82) is 0 Å². The molecule has 1 aromatic rings. The van der Waals surface area contributed by atoms with Crippen LogP contribution in [-0.4, -0.2) is 54.1 Å². The third-order valence-corrected chi connectivity index (χ3v) is 3.02. The van der Waals surface area contributed by atoms with Crippen LogP contribution in [0.15, 0.2) is 30.3 Å². The number of para-hydroxylation sites is 1. The van der Waals surface area contributed by atoms with Crippen molar-refractivity contribution in [3.63, 3.8) is 0 Å². The molecule has 0 amide bonds. The van der Waals surface area contributed by atoms with E-state index in [9.17, 15) is 5.11 Å². The smallest absolute Gasteiger partial charge is 0.130 e. The molecule has 2 N–H and O–H groups in total. The second-order valence-electron chi connectivity index (χ2n) is 4.02. The van der Waals surface area contributed by atoms with E-state index in [0.29, 0.717) is 0 Å². The number of hydrogen-bond acceptors (Lipinski definition) is 4. The van der Waals surface area contributed by atoms with Crippen LogP contribution >= 0.6 is 0 Å². The van der Waals surface area contributed by atoms with Crippen LogP contribution in [0.2, 0.25) is 0 Å². The summed E-state index contributed by atoms with van der Waals surface area (Å²) in [6.45, 7) is 3.17. The summed E-state index contributed by atoms with van der Waals surface area (Å²) in [5.74, 6) is 0. The van der Waals surface area contributed by atoms with Gasteiger partial charge in [-0.25, -0.2) is 0 Å². The number of nitrogens with zero attached hydrogens (tertiary/aromatic N) is 2. The van der Waals surface area contributed by atoms with Crippen LogP contribution in [0.25, 0.3) is 0 Å². The average Bonchev–Trinajstić information content (AvgIpc) is 2.39. The second kappa shape index (κ2) is 5.30. The molecular weight excluding hydrogens is 204 g/mol. The summed E-state index contributed by atoms with van der Waals surface area (Å²) in [7, 11) is 0. The quantitative estimate of drug-likeness (QED) is 0.762. The fourth-order valence-corrected chi connectivity index (χ4v) is 2.03. The zero-order valence-electron chi connectivity index (χ0n) is 9.29. The fraction of sp³-hybridized carbons (Fsp3) is 0.500. The summed E-state index contributed by atoms with van der Waals surface area (Å²) in [5, 5.41) is 18.4. The Morgan fingerprint density at radius 1 is 1.06 bits per heavy atom. The Morgan fingerprint density at radius 2 is 1.69 bits per heavy atom. The largest absolute Gasteiger partial charge is 0.392 e. The van der Waals surface area contributed by atoms with Gasteiger partial charge < -0.3 is 15.1 Å². The molecule has 1 fully saturated rings. The summed E-state index contributed by atoms with van der Waals surface area (Å²) in [4.78, 5) is 4.19. The standard InChI is InChI=1S/C12H18N2O2/c15-10-12(16)14-8-6-13(7-9-14)11-4-2-1-3-5-11/h1-5,12,15-16H,6-10H2. The van der Waals surface area contributed by atoms with Crippen LogP contribution in [0.3, 0.4) is 0 Å². The Hall–Kier alpha value is -1.10. The first-order valence-corrected chi connectivity index (χ1v) is 5.64. The maximum absolute atomic E-state index is 9.50. The van der Waals surface area contributed by atoms with Crippen LogP contribution in [0.1, 0.15) is 0 Å². The van der Waals surface area contributed by atoms with Crippen molar-refractivity contribution < 1.29 is 10.2 Å². The van der Waals surface area contributed by atoms with E-state index < -0.39 is 6.23 Å². The van der Waals surface area contributed by atoms with E-state index in [-0.39, 0.29) is 6.61 Å². The highest BCUT2D eigenvalue weighted by Crippen LogP contribution is 2.15. The lowest BCUT2D eigenvalue weighted by atomic mass is 10.2. The minimum atomic E-state index is -0.710. The van der Waals surface area contributed by atoms with Crippen molar-refractivity contribution >= 4 is 5.69 Å². The molecule has 16 heavy (non-hydrogen) atoms. The Balaban J connectivity index is 1.91. The van der Waals surface area contributed by atoms with E-state index in [1.165, 1.54) is 5.69 Å². The number of anilines is 1. The van der Waals surface area contributed by atoms with Gasteiger partial charge in [0.25, 0.3) is 0 Å². The predicted molar refractivity (Wildman–Crippen MR) is 63.3 cm³/mol. The van der Waals surface area contributed by atoms with E-state index >= 15 is 0 Å². The first-order valence-electron chi connectivity index (χ1n) is 5.64. The number of benzene rings is 1. The van der Waals surface area contributed by atoms with Gasteiger partial charge >= 0.3 is 0 Å². The second-order valence-corrected chi connectivity index (χ2v) is 4.02.